The highest BCUT2D eigenvalue weighted by atomic mass is 32.2. The van der Waals surface area contributed by atoms with Crippen molar-refractivity contribution in [3.8, 4) is 22.9 Å². The fraction of sp³-hybridized carbons (Fsp3) is 0.167. The smallest absolute Gasteiger partial charge is 0.159 e. The van der Waals surface area contributed by atoms with Gasteiger partial charge in [0.2, 0.25) is 0 Å². The molecule has 2 aliphatic rings. The summed E-state index contributed by atoms with van der Waals surface area (Å²) in [6.07, 6.45) is 1.85. The van der Waals surface area contributed by atoms with Gasteiger partial charge >= 0.3 is 0 Å². The van der Waals surface area contributed by atoms with Crippen molar-refractivity contribution in [2.45, 2.75) is 11.0 Å². The van der Waals surface area contributed by atoms with Crippen LogP contribution in [0.2, 0.25) is 0 Å². The van der Waals surface area contributed by atoms with Crippen molar-refractivity contribution < 1.29 is 9.47 Å². The largest absolute Gasteiger partial charge is 0.490 e. The maximum atomic E-state index is 6.41. The molecule has 6 heteroatoms. The molecule has 5 nitrogen and oxygen atoms in total. The number of hydrogen-bond donors (Lipinski definition) is 1. The van der Waals surface area contributed by atoms with E-state index < -0.39 is 0 Å². The Kier molecular flexibility index (Phi) is 4.23. The number of anilines is 1. The minimum Gasteiger partial charge on any atom is -0.490 e. The first-order valence-corrected chi connectivity index (χ1v) is 11.0. The van der Waals surface area contributed by atoms with Crippen LogP contribution in [0, 0.1) is 0 Å². The summed E-state index contributed by atoms with van der Waals surface area (Å²) < 4.78 is 12.2. The molecular formula is C24H19N3O2S. The first-order chi connectivity index (χ1) is 14.8. The van der Waals surface area contributed by atoms with E-state index in [4.69, 9.17) is 14.5 Å². The Hall–Kier alpha value is -3.25. The number of fused-ring (bicyclic) bond motifs is 3. The molecule has 0 saturated heterocycles. The second-order valence-electron chi connectivity index (χ2n) is 7.36. The number of nitrogens with zero attached hydrogens (tertiary/aromatic N) is 2. The molecule has 0 radical (unpaired) electrons. The molecule has 0 amide bonds. The van der Waals surface area contributed by atoms with Gasteiger partial charge in [0.25, 0.3) is 0 Å². The van der Waals surface area contributed by atoms with Crippen molar-refractivity contribution in [3.05, 3.63) is 72.4 Å². The zero-order chi connectivity index (χ0) is 19.9. The second-order valence-corrected chi connectivity index (χ2v) is 8.42. The number of ether oxygens (including phenoxy) is 2. The van der Waals surface area contributed by atoms with Crippen LogP contribution in [0.3, 0.4) is 0 Å². The Labute approximate surface area is 178 Å². The SMILES string of the molecule is c1ccc2nc(-c3ccc4c(c3)OC(c3ccc5c(c3)OCCN5)CS4)ncc2c1. The highest BCUT2D eigenvalue weighted by molar-refractivity contribution is 7.99. The average Bonchev–Trinajstić information content (AvgIpc) is 2.82. The molecule has 148 valence electrons. The van der Waals surface area contributed by atoms with E-state index in [2.05, 4.69) is 46.7 Å². The van der Waals surface area contributed by atoms with Crippen LogP contribution in [0.4, 0.5) is 5.69 Å². The van der Waals surface area contributed by atoms with Gasteiger partial charge in [-0.05, 0) is 42.0 Å². The maximum Gasteiger partial charge on any atom is 0.159 e. The van der Waals surface area contributed by atoms with Gasteiger partial charge < -0.3 is 14.8 Å². The molecule has 2 aliphatic heterocycles. The lowest BCUT2D eigenvalue weighted by Crippen LogP contribution is -2.19. The lowest BCUT2D eigenvalue weighted by atomic mass is 10.1. The summed E-state index contributed by atoms with van der Waals surface area (Å²) in [5, 5.41) is 4.40. The predicted octanol–water partition coefficient (Wildman–Crippen LogP) is 5.33. The van der Waals surface area contributed by atoms with Gasteiger partial charge in [-0.15, -0.1) is 11.8 Å². The second kappa shape index (κ2) is 7.22. The van der Waals surface area contributed by atoms with Crippen molar-refractivity contribution in [1.82, 2.24) is 9.97 Å². The maximum absolute atomic E-state index is 6.41. The standard InChI is InChI=1S/C24H19N3O2S/c1-2-4-18-17(3-1)13-26-24(27-18)16-6-8-23-21(12-16)29-22(14-30-23)15-5-7-19-20(11-15)28-10-9-25-19/h1-8,11-13,22,25H,9-10,14H2. The summed E-state index contributed by atoms with van der Waals surface area (Å²) in [5.74, 6) is 3.35. The van der Waals surface area contributed by atoms with Gasteiger partial charge in [-0.25, -0.2) is 9.97 Å². The van der Waals surface area contributed by atoms with E-state index in [0.717, 1.165) is 56.4 Å². The molecule has 1 aromatic heterocycles. The van der Waals surface area contributed by atoms with E-state index in [1.807, 2.05) is 42.2 Å². The lowest BCUT2D eigenvalue weighted by molar-refractivity contribution is 0.219. The van der Waals surface area contributed by atoms with Gasteiger partial charge in [-0.3, -0.25) is 0 Å². The van der Waals surface area contributed by atoms with E-state index >= 15 is 0 Å². The molecule has 4 aromatic rings. The monoisotopic (exact) mass is 413 g/mol. The summed E-state index contributed by atoms with van der Waals surface area (Å²) in [6.45, 7) is 1.53. The van der Waals surface area contributed by atoms with Gasteiger partial charge in [0.1, 0.15) is 24.2 Å². The van der Waals surface area contributed by atoms with Crippen LogP contribution in [0.15, 0.2) is 71.8 Å². The molecule has 30 heavy (non-hydrogen) atoms. The molecule has 3 heterocycles. The normalized spacial score (nSPS) is 17.3. The average molecular weight is 414 g/mol. The van der Waals surface area contributed by atoms with Crippen LogP contribution in [0.1, 0.15) is 11.7 Å². The van der Waals surface area contributed by atoms with Crippen LogP contribution in [-0.2, 0) is 0 Å². The van der Waals surface area contributed by atoms with Gasteiger partial charge in [0, 0.05) is 34.3 Å². The van der Waals surface area contributed by atoms with Crippen molar-refractivity contribution in [3.63, 3.8) is 0 Å². The van der Waals surface area contributed by atoms with E-state index in [-0.39, 0.29) is 6.10 Å². The third kappa shape index (κ3) is 3.13. The van der Waals surface area contributed by atoms with Gasteiger partial charge in [0.15, 0.2) is 5.82 Å². The molecule has 1 atom stereocenters. The summed E-state index contributed by atoms with van der Waals surface area (Å²) in [7, 11) is 0. The van der Waals surface area contributed by atoms with Crippen LogP contribution < -0.4 is 14.8 Å². The van der Waals surface area contributed by atoms with Crippen molar-refractivity contribution in [1.29, 1.82) is 0 Å². The fourth-order valence-corrected chi connectivity index (χ4v) is 4.84. The topological polar surface area (TPSA) is 56.3 Å². The minimum absolute atomic E-state index is 0.0221. The zero-order valence-electron chi connectivity index (χ0n) is 16.2. The Bertz CT molecular complexity index is 1260. The molecule has 3 aromatic carbocycles. The van der Waals surface area contributed by atoms with Crippen LogP contribution in [-0.4, -0.2) is 28.9 Å². The molecule has 0 bridgehead atoms. The lowest BCUT2D eigenvalue weighted by Gasteiger charge is -2.27. The number of para-hydroxylation sites is 1. The third-order valence-electron chi connectivity index (χ3n) is 5.40. The first kappa shape index (κ1) is 17.6. The highest BCUT2D eigenvalue weighted by Crippen LogP contribution is 2.43. The highest BCUT2D eigenvalue weighted by Gasteiger charge is 2.24. The van der Waals surface area contributed by atoms with Gasteiger partial charge in [-0.1, -0.05) is 24.3 Å². The van der Waals surface area contributed by atoms with Crippen LogP contribution >= 0.6 is 11.8 Å². The zero-order valence-corrected chi connectivity index (χ0v) is 17.0. The van der Waals surface area contributed by atoms with E-state index in [1.165, 1.54) is 0 Å². The van der Waals surface area contributed by atoms with E-state index in [0.29, 0.717) is 12.4 Å². The number of nitrogens with one attached hydrogen (secondary N) is 1. The predicted molar refractivity (Wildman–Crippen MR) is 119 cm³/mol. The summed E-state index contributed by atoms with van der Waals surface area (Å²) in [6, 6.07) is 20.5. The van der Waals surface area contributed by atoms with Crippen molar-refractivity contribution in [2.75, 3.05) is 24.2 Å². The van der Waals surface area contributed by atoms with Crippen LogP contribution in [0.25, 0.3) is 22.3 Å². The molecule has 1 unspecified atom stereocenters. The third-order valence-corrected chi connectivity index (χ3v) is 6.52. The Morgan fingerprint density at radius 1 is 1.00 bits per heavy atom. The van der Waals surface area contributed by atoms with E-state index in [1.54, 1.807) is 0 Å². The number of hydrogen-bond acceptors (Lipinski definition) is 6. The minimum atomic E-state index is -0.0221. The Morgan fingerprint density at radius 3 is 2.97 bits per heavy atom. The van der Waals surface area contributed by atoms with Crippen molar-refractivity contribution in [2.24, 2.45) is 0 Å². The molecule has 1 N–H and O–H groups in total. The van der Waals surface area contributed by atoms with Crippen molar-refractivity contribution >= 4 is 28.4 Å². The molecule has 6 rings (SSSR count). The molecule has 0 spiro atoms. The number of aromatic nitrogens is 2. The van der Waals surface area contributed by atoms with Gasteiger partial charge in [0.05, 0.1) is 11.2 Å². The Balaban J connectivity index is 1.31. The van der Waals surface area contributed by atoms with Gasteiger partial charge in [-0.2, -0.15) is 0 Å². The summed E-state index contributed by atoms with van der Waals surface area (Å²) in [4.78, 5) is 10.4. The first-order valence-electron chi connectivity index (χ1n) is 10.00. The fourth-order valence-electron chi connectivity index (χ4n) is 3.84. The Morgan fingerprint density at radius 2 is 1.97 bits per heavy atom. The van der Waals surface area contributed by atoms with Crippen LogP contribution in [0.5, 0.6) is 11.5 Å². The number of benzene rings is 3. The quantitative estimate of drug-likeness (QED) is 0.480. The van der Waals surface area contributed by atoms with E-state index in [9.17, 15) is 0 Å². The summed E-state index contributed by atoms with van der Waals surface area (Å²) >= 11 is 1.81. The molecule has 0 fully saturated rings. The molecule has 0 aliphatic carbocycles. The molecule has 0 saturated carbocycles. The number of rotatable bonds is 2. The summed E-state index contributed by atoms with van der Waals surface area (Å²) in [5.41, 5.74) is 4.07. The number of thioether (sulfide) groups is 1. The molecular weight excluding hydrogens is 394 g/mol.